The molecule has 0 spiro atoms. The molecule has 0 atom stereocenters. The molecule has 0 bridgehead atoms. The third-order valence-electron chi connectivity index (χ3n) is 2.10. The number of benzene rings is 1. The number of rotatable bonds is 3. The number of hydrogen-bond acceptors (Lipinski definition) is 5. The van der Waals surface area contributed by atoms with Crippen LogP contribution in [-0.4, -0.2) is 24.3 Å². The van der Waals surface area contributed by atoms with E-state index in [1.54, 1.807) is 0 Å². The fourth-order valence-electron chi connectivity index (χ4n) is 1.29. The molecule has 6 nitrogen and oxygen atoms in total. The third kappa shape index (κ3) is 2.05. The highest BCUT2D eigenvalue weighted by molar-refractivity contribution is 5.99. The number of aldehydes is 1. The average Bonchev–Trinajstić information content (AvgIpc) is 2.27. The van der Waals surface area contributed by atoms with Gasteiger partial charge in [0.1, 0.15) is 0 Å². The van der Waals surface area contributed by atoms with Gasteiger partial charge in [-0.25, -0.2) is 4.79 Å². The number of methoxy groups -OCH3 is 1. The van der Waals surface area contributed by atoms with Crippen LogP contribution in [0.4, 0.5) is 5.69 Å². The van der Waals surface area contributed by atoms with Gasteiger partial charge >= 0.3 is 5.97 Å². The Hall–Kier alpha value is -2.24. The van der Waals surface area contributed by atoms with Crippen molar-refractivity contribution in [3.63, 3.8) is 0 Å². The zero-order valence-corrected chi connectivity index (χ0v) is 8.72. The summed E-state index contributed by atoms with van der Waals surface area (Å²) in [5.41, 5.74) is 0.0792. The summed E-state index contributed by atoms with van der Waals surface area (Å²) in [7, 11) is 1.17. The summed E-state index contributed by atoms with van der Waals surface area (Å²) >= 11 is 0. The average molecular weight is 223 g/mol. The smallest absolute Gasteiger partial charge is 0.338 e. The first kappa shape index (κ1) is 11.8. The molecule has 0 heterocycles. The molecule has 6 heteroatoms. The van der Waals surface area contributed by atoms with Crippen LogP contribution in [0.5, 0.6) is 0 Å². The molecule has 0 aromatic heterocycles. The standard InChI is InChI=1S/C10H9NO5/c1-6-3-8(10(13)16-2)7(5-12)4-9(6)11(14)15/h3-5H,1-2H3. The molecule has 0 amide bonds. The fraction of sp³-hybridized carbons (Fsp3) is 0.200. The van der Waals surface area contributed by atoms with E-state index in [4.69, 9.17) is 0 Å². The summed E-state index contributed by atoms with van der Waals surface area (Å²) in [4.78, 5) is 32.0. The second-order valence-electron chi connectivity index (χ2n) is 3.09. The summed E-state index contributed by atoms with van der Waals surface area (Å²) in [6.07, 6.45) is 0.388. The summed E-state index contributed by atoms with van der Waals surface area (Å²) in [5.74, 6) is -0.694. The van der Waals surface area contributed by atoms with E-state index >= 15 is 0 Å². The van der Waals surface area contributed by atoms with Crippen LogP contribution >= 0.6 is 0 Å². The predicted molar refractivity (Wildman–Crippen MR) is 54.6 cm³/mol. The Morgan fingerprint density at radius 2 is 2.12 bits per heavy atom. The quantitative estimate of drug-likeness (QED) is 0.335. The lowest BCUT2D eigenvalue weighted by molar-refractivity contribution is -0.385. The van der Waals surface area contributed by atoms with Crippen molar-refractivity contribution in [3.05, 3.63) is 38.9 Å². The molecule has 0 unspecified atom stereocenters. The molecule has 1 rings (SSSR count). The van der Waals surface area contributed by atoms with Gasteiger partial charge in [0.2, 0.25) is 0 Å². The minimum atomic E-state index is -0.694. The van der Waals surface area contributed by atoms with Crippen molar-refractivity contribution in [2.45, 2.75) is 6.92 Å². The second-order valence-corrected chi connectivity index (χ2v) is 3.09. The fourth-order valence-corrected chi connectivity index (χ4v) is 1.29. The highest BCUT2D eigenvalue weighted by atomic mass is 16.6. The summed E-state index contributed by atoms with van der Waals surface area (Å²) in [6.45, 7) is 1.49. The molecule has 0 N–H and O–H groups in total. The van der Waals surface area contributed by atoms with Gasteiger partial charge < -0.3 is 4.74 Å². The summed E-state index contributed by atoms with van der Waals surface area (Å²) < 4.78 is 4.47. The van der Waals surface area contributed by atoms with Crippen molar-refractivity contribution < 1.29 is 19.2 Å². The zero-order chi connectivity index (χ0) is 12.3. The van der Waals surface area contributed by atoms with E-state index in [1.807, 2.05) is 0 Å². The molecule has 0 aliphatic rings. The Bertz CT molecular complexity index is 467. The van der Waals surface area contributed by atoms with Gasteiger partial charge in [-0.3, -0.25) is 14.9 Å². The molecule has 1 aromatic carbocycles. The molecule has 0 aliphatic carbocycles. The maximum absolute atomic E-state index is 11.3. The van der Waals surface area contributed by atoms with Gasteiger partial charge in [0, 0.05) is 17.2 Å². The number of esters is 1. The zero-order valence-electron chi connectivity index (χ0n) is 8.72. The van der Waals surface area contributed by atoms with Crippen LogP contribution in [0.3, 0.4) is 0 Å². The summed E-state index contributed by atoms with van der Waals surface area (Å²) in [6, 6.07) is 2.34. The minimum absolute atomic E-state index is 0.0283. The normalized spacial score (nSPS) is 9.62. The first-order valence-electron chi connectivity index (χ1n) is 4.33. The predicted octanol–water partition coefficient (Wildman–Crippen LogP) is 1.50. The molecule has 84 valence electrons. The molecule has 0 saturated heterocycles. The highest BCUT2D eigenvalue weighted by Gasteiger charge is 2.19. The van der Waals surface area contributed by atoms with E-state index < -0.39 is 10.9 Å². The Balaban J connectivity index is 3.43. The number of carbonyl (C=O) groups is 2. The Morgan fingerprint density at radius 3 is 2.56 bits per heavy atom. The van der Waals surface area contributed by atoms with Crippen molar-refractivity contribution in [2.75, 3.05) is 7.11 Å². The van der Waals surface area contributed by atoms with Crippen molar-refractivity contribution in [1.29, 1.82) is 0 Å². The molecule has 16 heavy (non-hydrogen) atoms. The van der Waals surface area contributed by atoms with Crippen LogP contribution in [-0.2, 0) is 4.74 Å². The number of carbonyl (C=O) groups excluding carboxylic acids is 2. The molecule has 0 saturated carbocycles. The number of aryl methyl sites for hydroxylation is 1. The van der Waals surface area contributed by atoms with E-state index in [9.17, 15) is 19.7 Å². The lowest BCUT2D eigenvalue weighted by Gasteiger charge is -2.04. The first-order valence-corrected chi connectivity index (χ1v) is 4.33. The minimum Gasteiger partial charge on any atom is -0.465 e. The topological polar surface area (TPSA) is 86.5 Å². The van der Waals surface area contributed by atoms with E-state index in [-0.39, 0.29) is 16.8 Å². The lowest BCUT2D eigenvalue weighted by Crippen LogP contribution is -2.07. The van der Waals surface area contributed by atoms with Crippen LogP contribution in [0.2, 0.25) is 0 Å². The van der Waals surface area contributed by atoms with Gasteiger partial charge in [-0.1, -0.05) is 0 Å². The monoisotopic (exact) mass is 223 g/mol. The van der Waals surface area contributed by atoms with Crippen LogP contribution in [0.1, 0.15) is 26.3 Å². The van der Waals surface area contributed by atoms with E-state index in [0.717, 1.165) is 6.07 Å². The van der Waals surface area contributed by atoms with Gasteiger partial charge in [0.05, 0.1) is 17.6 Å². The summed E-state index contributed by atoms with van der Waals surface area (Å²) in [5, 5.41) is 10.6. The van der Waals surface area contributed by atoms with E-state index in [1.165, 1.54) is 20.1 Å². The van der Waals surface area contributed by atoms with Gasteiger partial charge in [-0.05, 0) is 13.0 Å². The Morgan fingerprint density at radius 1 is 1.50 bits per heavy atom. The number of nitro groups is 1. The molecular weight excluding hydrogens is 214 g/mol. The van der Waals surface area contributed by atoms with E-state index in [2.05, 4.69) is 4.74 Å². The largest absolute Gasteiger partial charge is 0.465 e. The van der Waals surface area contributed by atoms with Crippen LogP contribution in [0.25, 0.3) is 0 Å². The van der Waals surface area contributed by atoms with Gasteiger partial charge in [0.15, 0.2) is 6.29 Å². The number of ether oxygens (including phenoxy) is 1. The molecular formula is C10H9NO5. The number of nitro benzene ring substituents is 1. The Labute approximate surface area is 91.0 Å². The molecule has 0 aliphatic heterocycles. The third-order valence-corrected chi connectivity index (χ3v) is 2.10. The second kappa shape index (κ2) is 4.52. The number of nitrogens with zero attached hydrogens (tertiary/aromatic N) is 1. The van der Waals surface area contributed by atoms with Crippen molar-refractivity contribution >= 4 is 17.9 Å². The van der Waals surface area contributed by atoms with E-state index in [0.29, 0.717) is 11.8 Å². The van der Waals surface area contributed by atoms with Crippen LogP contribution in [0, 0.1) is 17.0 Å². The van der Waals surface area contributed by atoms with Crippen molar-refractivity contribution in [2.24, 2.45) is 0 Å². The van der Waals surface area contributed by atoms with Gasteiger partial charge in [-0.15, -0.1) is 0 Å². The van der Waals surface area contributed by atoms with Crippen molar-refractivity contribution in [1.82, 2.24) is 0 Å². The molecule has 1 aromatic rings. The van der Waals surface area contributed by atoms with Crippen LogP contribution < -0.4 is 0 Å². The van der Waals surface area contributed by atoms with Gasteiger partial charge in [-0.2, -0.15) is 0 Å². The van der Waals surface area contributed by atoms with Crippen LogP contribution in [0.15, 0.2) is 12.1 Å². The maximum atomic E-state index is 11.3. The lowest BCUT2D eigenvalue weighted by atomic mass is 10.0. The van der Waals surface area contributed by atoms with Gasteiger partial charge in [0.25, 0.3) is 5.69 Å². The maximum Gasteiger partial charge on any atom is 0.338 e. The molecule has 0 fully saturated rings. The Kier molecular flexibility index (Phi) is 3.34. The number of hydrogen-bond donors (Lipinski definition) is 0. The SMILES string of the molecule is COC(=O)c1cc(C)c([N+](=O)[O-])cc1C=O. The first-order chi connectivity index (χ1) is 7.51. The van der Waals surface area contributed by atoms with Crippen molar-refractivity contribution in [3.8, 4) is 0 Å². The highest BCUT2D eigenvalue weighted by Crippen LogP contribution is 2.22. The molecule has 0 radical (unpaired) electrons.